The molecular weight excluding hydrogens is 324 g/mol. The van der Waals surface area contributed by atoms with Gasteiger partial charge in [-0.3, -0.25) is 0 Å². The summed E-state index contributed by atoms with van der Waals surface area (Å²) >= 11 is 6.92. The van der Waals surface area contributed by atoms with E-state index in [9.17, 15) is 0 Å². The van der Waals surface area contributed by atoms with Gasteiger partial charge in [-0.2, -0.15) is 0 Å². The first kappa shape index (κ1) is 13.0. The molecule has 0 atom stereocenters. The molecule has 2 nitrogen and oxygen atoms in total. The molecular formula is C11H14Br2O2. The molecule has 0 aliphatic rings. The van der Waals surface area contributed by atoms with Gasteiger partial charge in [0.05, 0.1) is 6.61 Å². The summed E-state index contributed by atoms with van der Waals surface area (Å²) in [7, 11) is 1.67. The predicted octanol–water partition coefficient (Wildman–Crippen LogP) is 3.68. The molecule has 0 amide bonds. The first-order chi connectivity index (χ1) is 7.19. The Morgan fingerprint density at radius 1 is 1.27 bits per heavy atom. The van der Waals surface area contributed by atoms with Gasteiger partial charge in [-0.15, -0.1) is 0 Å². The number of benzene rings is 1. The molecule has 0 radical (unpaired) electrons. The molecule has 15 heavy (non-hydrogen) atoms. The largest absolute Gasteiger partial charge is 0.491 e. The lowest BCUT2D eigenvalue weighted by Crippen LogP contribution is -2.06. The van der Waals surface area contributed by atoms with Crippen molar-refractivity contribution >= 4 is 31.9 Å². The van der Waals surface area contributed by atoms with Crippen LogP contribution in [0.4, 0.5) is 0 Å². The van der Waals surface area contributed by atoms with Gasteiger partial charge < -0.3 is 9.47 Å². The van der Waals surface area contributed by atoms with Crippen LogP contribution in [0.15, 0.2) is 16.6 Å². The summed E-state index contributed by atoms with van der Waals surface area (Å²) in [5, 5.41) is 0.787. The van der Waals surface area contributed by atoms with Crippen LogP contribution in [0, 0.1) is 6.92 Å². The number of halogens is 2. The van der Waals surface area contributed by atoms with Crippen LogP contribution in [0.1, 0.15) is 11.1 Å². The lowest BCUT2D eigenvalue weighted by Gasteiger charge is -2.13. The third kappa shape index (κ3) is 3.78. The number of ether oxygens (including phenoxy) is 2. The SMILES string of the molecule is COCCOc1c(C)cc(Br)cc1CBr. The molecule has 0 heterocycles. The summed E-state index contributed by atoms with van der Waals surface area (Å²) in [6.07, 6.45) is 0. The van der Waals surface area contributed by atoms with Crippen LogP contribution in [0.2, 0.25) is 0 Å². The monoisotopic (exact) mass is 336 g/mol. The van der Waals surface area contributed by atoms with Crippen molar-refractivity contribution in [2.75, 3.05) is 20.3 Å². The van der Waals surface area contributed by atoms with Crippen molar-refractivity contribution in [1.82, 2.24) is 0 Å². The Bertz CT molecular complexity index is 327. The fourth-order valence-electron chi connectivity index (χ4n) is 1.33. The Balaban J connectivity index is 2.84. The lowest BCUT2D eigenvalue weighted by atomic mass is 10.1. The van der Waals surface area contributed by atoms with Gasteiger partial charge >= 0.3 is 0 Å². The van der Waals surface area contributed by atoms with Gasteiger partial charge in [0, 0.05) is 22.5 Å². The van der Waals surface area contributed by atoms with E-state index in [-0.39, 0.29) is 0 Å². The number of rotatable bonds is 5. The second kappa shape index (κ2) is 6.51. The zero-order valence-electron chi connectivity index (χ0n) is 8.85. The predicted molar refractivity (Wildman–Crippen MR) is 68.9 cm³/mol. The van der Waals surface area contributed by atoms with Gasteiger partial charge in [0.1, 0.15) is 12.4 Å². The Hall–Kier alpha value is -0.0600. The second-order valence-corrected chi connectivity index (χ2v) is 4.66. The third-order valence-electron chi connectivity index (χ3n) is 1.99. The molecule has 0 unspecified atom stereocenters. The van der Waals surface area contributed by atoms with Gasteiger partial charge in [-0.05, 0) is 24.6 Å². The molecule has 0 saturated heterocycles. The van der Waals surface area contributed by atoms with Crippen molar-refractivity contribution in [2.24, 2.45) is 0 Å². The van der Waals surface area contributed by atoms with Crippen LogP contribution >= 0.6 is 31.9 Å². The minimum Gasteiger partial charge on any atom is -0.491 e. The number of methoxy groups -OCH3 is 1. The fraction of sp³-hybridized carbons (Fsp3) is 0.455. The summed E-state index contributed by atoms with van der Waals surface area (Å²) in [6.45, 7) is 3.23. The molecule has 0 bridgehead atoms. The van der Waals surface area contributed by atoms with Crippen LogP contribution in [0.3, 0.4) is 0 Å². The van der Waals surface area contributed by atoms with Crippen LogP contribution in [0.5, 0.6) is 5.75 Å². The molecule has 1 rings (SSSR count). The van der Waals surface area contributed by atoms with Crippen molar-refractivity contribution in [2.45, 2.75) is 12.3 Å². The third-order valence-corrected chi connectivity index (χ3v) is 3.06. The Morgan fingerprint density at radius 2 is 2.00 bits per heavy atom. The zero-order valence-corrected chi connectivity index (χ0v) is 12.0. The molecule has 0 spiro atoms. The maximum atomic E-state index is 5.68. The molecule has 1 aromatic rings. The summed E-state index contributed by atoms with van der Waals surface area (Å²) in [5.41, 5.74) is 2.29. The van der Waals surface area contributed by atoms with Gasteiger partial charge in [0.2, 0.25) is 0 Å². The highest BCUT2D eigenvalue weighted by molar-refractivity contribution is 9.10. The normalized spacial score (nSPS) is 10.4. The molecule has 4 heteroatoms. The molecule has 84 valence electrons. The van der Waals surface area contributed by atoms with E-state index in [1.165, 1.54) is 0 Å². The highest BCUT2D eigenvalue weighted by atomic mass is 79.9. The molecule has 0 aliphatic heterocycles. The summed E-state index contributed by atoms with van der Waals surface area (Å²) < 4.78 is 11.7. The number of alkyl halides is 1. The first-order valence-corrected chi connectivity index (χ1v) is 6.57. The molecule has 0 fully saturated rings. The minimum absolute atomic E-state index is 0.582. The van der Waals surface area contributed by atoms with E-state index >= 15 is 0 Å². The molecule has 0 aromatic heterocycles. The van der Waals surface area contributed by atoms with E-state index in [0.717, 1.165) is 26.7 Å². The van der Waals surface area contributed by atoms with E-state index < -0.39 is 0 Å². The quantitative estimate of drug-likeness (QED) is 0.602. The van der Waals surface area contributed by atoms with E-state index in [1.54, 1.807) is 7.11 Å². The van der Waals surface area contributed by atoms with Crippen molar-refractivity contribution < 1.29 is 9.47 Å². The first-order valence-electron chi connectivity index (χ1n) is 4.65. The maximum Gasteiger partial charge on any atom is 0.126 e. The summed E-state index contributed by atoms with van der Waals surface area (Å²) in [6, 6.07) is 4.11. The van der Waals surface area contributed by atoms with Gasteiger partial charge in [0.25, 0.3) is 0 Å². The average Bonchev–Trinajstić information content (AvgIpc) is 2.20. The van der Waals surface area contributed by atoms with Gasteiger partial charge in [0.15, 0.2) is 0 Å². The van der Waals surface area contributed by atoms with Crippen LogP contribution in [-0.4, -0.2) is 20.3 Å². The topological polar surface area (TPSA) is 18.5 Å². The van der Waals surface area contributed by atoms with Crippen molar-refractivity contribution in [1.29, 1.82) is 0 Å². The fourth-order valence-corrected chi connectivity index (χ4v) is 2.37. The molecule has 0 saturated carbocycles. The van der Waals surface area contributed by atoms with Crippen LogP contribution in [0.25, 0.3) is 0 Å². The Morgan fingerprint density at radius 3 is 2.60 bits per heavy atom. The Labute approximate surface area is 107 Å². The van der Waals surface area contributed by atoms with Gasteiger partial charge in [-0.1, -0.05) is 31.9 Å². The highest BCUT2D eigenvalue weighted by Crippen LogP contribution is 2.29. The second-order valence-electron chi connectivity index (χ2n) is 3.19. The molecule has 1 aromatic carbocycles. The van der Waals surface area contributed by atoms with E-state index in [1.807, 2.05) is 13.0 Å². The Kier molecular flexibility index (Phi) is 5.64. The standard InChI is InChI=1S/C11H14Br2O2/c1-8-5-10(13)6-9(7-12)11(8)15-4-3-14-2/h5-6H,3-4,7H2,1-2H3. The van der Waals surface area contributed by atoms with Crippen molar-refractivity contribution in [3.8, 4) is 5.75 Å². The number of aryl methyl sites for hydroxylation is 1. The lowest BCUT2D eigenvalue weighted by molar-refractivity contribution is 0.145. The van der Waals surface area contributed by atoms with Crippen molar-refractivity contribution in [3.05, 3.63) is 27.7 Å². The van der Waals surface area contributed by atoms with E-state index in [2.05, 4.69) is 37.9 Å². The minimum atomic E-state index is 0.582. The number of hydrogen-bond donors (Lipinski definition) is 0. The smallest absolute Gasteiger partial charge is 0.126 e. The highest BCUT2D eigenvalue weighted by Gasteiger charge is 2.07. The summed E-state index contributed by atoms with van der Waals surface area (Å²) in [4.78, 5) is 0. The summed E-state index contributed by atoms with van der Waals surface area (Å²) in [5.74, 6) is 0.951. The van der Waals surface area contributed by atoms with E-state index in [4.69, 9.17) is 9.47 Å². The van der Waals surface area contributed by atoms with Crippen molar-refractivity contribution in [3.63, 3.8) is 0 Å². The average molecular weight is 338 g/mol. The number of hydrogen-bond acceptors (Lipinski definition) is 2. The van der Waals surface area contributed by atoms with Crippen LogP contribution < -0.4 is 4.74 Å². The molecule has 0 aliphatic carbocycles. The van der Waals surface area contributed by atoms with Crippen LogP contribution in [-0.2, 0) is 10.1 Å². The van der Waals surface area contributed by atoms with Gasteiger partial charge in [-0.25, -0.2) is 0 Å². The maximum absolute atomic E-state index is 5.68. The zero-order chi connectivity index (χ0) is 11.3. The van der Waals surface area contributed by atoms with E-state index in [0.29, 0.717) is 13.2 Å². The molecule has 0 N–H and O–H groups in total.